The van der Waals surface area contributed by atoms with Gasteiger partial charge in [0.05, 0.1) is 22.8 Å². The van der Waals surface area contributed by atoms with Gasteiger partial charge in [0.1, 0.15) is 41.0 Å². The Morgan fingerprint density at radius 3 is 2.60 bits per heavy atom. The monoisotopic (exact) mass is 751 g/mol. The molecule has 4 amide bonds. The summed E-state index contributed by atoms with van der Waals surface area (Å²) in [6.45, 7) is 4.95. The van der Waals surface area contributed by atoms with Crippen LogP contribution < -0.4 is 20.1 Å². The number of hydrogen-bond acceptors (Lipinski definition) is 11. The number of aryl methyl sites for hydroxylation is 2. The first-order valence-electron chi connectivity index (χ1n) is 18.0. The minimum absolute atomic E-state index is 0.0271. The van der Waals surface area contributed by atoms with Crippen molar-refractivity contribution >= 4 is 44.7 Å². The fourth-order valence-corrected chi connectivity index (χ4v) is 8.44. The molecule has 2 saturated carbocycles. The van der Waals surface area contributed by atoms with Crippen molar-refractivity contribution in [2.24, 2.45) is 5.92 Å². The quantitative estimate of drug-likeness (QED) is 0.300. The lowest BCUT2D eigenvalue weighted by Gasteiger charge is -2.29. The maximum absolute atomic E-state index is 14.5. The number of nitrogens with one attached hydrogen (secondary N) is 3. The Morgan fingerprint density at radius 2 is 1.87 bits per heavy atom. The van der Waals surface area contributed by atoms with Gasteiger partial charge in [-0.2, -0.15) is 0 Å². The summed E-state index contributed by atoms with van der Waals surface area (Å²) in [5.74, 6) is -3.04. The van der Waals surface area contributed by atoms with Crippen molar-refractivity contribution < 1.29 is 41.2 Å². The highest BCUT2D eigenvalue weighted by Gasteiger charge is 2.62. The van der Waals surface area contributed by atoms with Gasteiger partial charge in [0.25, 0.3) is 11.8 Å². The van der Waals surface area contributed by atoms with Crippen LogP contribution in [0.15, 0.2) is 34.9 Å². The third-order valence-corrected chi connectivity index (χ3v) is 12.4. The van der Waals surface area contributed by atoms with Crippen LogP contribution in [0, 0.1) is 32.5 Å². The van der Waals surface area contributed by atoms with Gasteiger partial charge in [0.15, 0.2) is 5.69 Å². The van der Waals surface area contributed by atoms with E-state index in [1.54, 1.807) is 20.8 Å². The van der Waals surface area contributed by atoms with E-state index >= 15 is 0 Å². The van der Waals surface area contributed by atoms with Gasteiger partial charge in [-0.3, -0.25) is 23.9 Å². The Morgan fingerprint density at radius 1 is 1.08 bits per heavy atom. The molecule has 15 nitrogen and oxygen atoms in total. The van der Waals surface area contributed by atoms with Gasteiger partial charge in [-0.15, -0.1) is 0 Å². The van der Waals surface area contributed by atoms with Gasteiger partial charge >= 0.3 is 0 Å². The van der Waals surface area contributed by atoms with Gasteiger partial charge in [-0.05, 0) is 71.4 Å². The predicted octanol–water partition coefficient (Wildman–Crippen LogP) is 2.83. The number of halogens is 1. The predicted molar refractivity (Wildman–Crippen MR) is 187 cm³/mol. The van der Waals surface area contributed by atoms with Gasteiger partial charge < -0.3 is 24.8 Å². The Labute approximate surface area is 305 Å². The number of nitrogens with zero attached hydrogens (tertiary/aromatic N) is 4. The summed E-state index contributed by atoms with van der Waals surface area (Å²) in [6.07, 6.45) is 7.05. The molecular weight excluding hydrogens is 710 g/mol. The molecule has 2 aromatic heterocycles. The Kier molecular flexibility index (Phi) is 9.72. The van der Waals surface area contributed by atoms with E-state index in [0.717, 1.165) is 12.8 Å². The summed E-state index contributed by atoms with van der Waals surface area (Å²) in [6, 6.07) is 1.78. The number of ether oxygens (including phenoxy) is 1. The molecule has 53 heavy (non-hydrogen) atoms. The molecular formula is C36H42FN7O8S. The molecule has 7 rings (SSSR count). The molecule has 0 spiro atoms. The van der Waals surface area contributed by atoms with Crippen molar-refractivity contribution in [1.29, 1.82) is 0 Å². The molecule has 0 radical (unpaired) electrons. The first-order valence-corrected chi connectivity index (χ1v) is 19.5. The second-order valence-corrected chi connectivity index (χ2v) is 16.4. The second kappa shape index (κ2) is 14.1. The van der Waals surface area contributed by atoms with Crippen LogP contribution in [0.25, 0.3) is 11.0 Å². The van der Waals surface area contributed by atoms with Crippen LogP contribution in [0.4, 0.5) is 4.39 Å². The van der Waals surface area contributed by atoms with E-state index in [2.05, 4.69) is 30.5 Å². The van der Waals surface area contributed by atoms with Gasteiger partial charge in [-0.1, -0.05) is 30.2 Å². The molecule has 2 aliphatic heterocycles. The van der Waals surface area contributed by atoms with E-state index in [1.165, 1.54) is 23.1 Å². The molecule has 282 valence electrons. The standard InChI is InChI=1S/C36H42FN7O8S/c1-19-21(3)52-42-30(19)32(46)39-27-10-8-6-4-5-7-9-22-17-36(22,35(48)43-53(49,50)25-12-13-25)41-31(45)29-16-24(18-44(29)34(27)47)51-33-20(2)38-26-14-11-23(37)15-28(26)40-33/h7,9,11,14-15,22,24-25,27,29H,4-6,8,10,12-13,16-18H2,1-3H3,(H,39,46)(H,41,45)(H,43,48)/b9-7-/t22?,24-,27+,29+,36-/m1/s1. The molecule has 5 atom stereocenters. The van der Waals surface area contributed by atoms with Crippen LogP contribution in [0.2, 0.25) is 0 Å². The van der Waals surface area contributed by atoms with Crippen molar-refractivity contribution in [3.63, 3.8) is 0 Å². The molecule has 3 fully saturated rings. The Balaban J connectivity index is 1.20. The average Bonchev–Trinajstić information content (AvgIpc) is 4.01. The minimum Gasteiger partial charge on any atom is -0.471 e. The first-order chi connectivity index (χ1) is 25.3. The summed E-state index contributed by atoms with van der Waals surface area (Å²) in [5.41, 5.74) is 0.168. The van der Waals surface area contributed by atoms with Crippen molar-refractivity contribution in [3.8, 4) is 5.88 Å². The zero-order valence-electron chi connectivity index (χ0n) is 29.7. The Hall–Kier alpha value is -4.93. The van der Waals surface area contributed by atoms with Crippen LogP contribution in [-0.2, 0) is 24.4 Å². The molecule has 1 unspecified atom stereocenters. The van der Waals surface area contributed by atoms with E-state index < -0.39 is 74.4 Å². The fourth-order valence-electron chi connectivity index (χ4n) is 7.07. The number of rotatable bonds is 7. The summed E-state index contributed by atoms with van der Waals surface area (Å²) in [4.78, 5) is 66.2. The summed E-state index contributed by atoms with van der Waals surface area (Å²) in [7, 11) is -3.91. The van der Waals surface area contributed by atoms with E-state index in [4.69, 9.17) is 9.26 Å². The number of carbonyl (C=O) groups excluding carboxylic acids is 4. The number of allylic oxidation sites excluding steroid dienone is 1. The number of hydrogen-bond donors (Lipinski definition) is 3. The largest absolute Gasteiger partial charge is 0.471 e. The van der Waals surface area contributed by atoms with E-state index in [9.17, 15) is 32.0 Å². The molecule has 17 heteroatoms. The zero-order chi connectivity index (χ0) is 37.7. The van der Waals surface area contributed by atoms with Crippen molar-refractivity contribution in [1.82, 2.24) is 35.4 Å². The molecule has 1 aromatic carbocycles. The minimum atomic E-state index is -3.91. The van der Waals surface area contributed by atoms with Gasteiger partial charge in [-0.25, -0.2) is 22.8 Å². The molecule has 3 aromatic rings. The maximum atomic E-state index is 14.5. The number of benzene rings is 1. The molecule has 4 aliphatic rings. The van der Waals surface area contributed by atoms with E-state index in [-0.39, 0.29) is 42.9 Å². The smallest absolute Gasteiger partial charge is 0.274 e. The second-order valence-electron chi connectivity index (χ2n) is 14.5. The fraction of sp³-hybridized carbons (Fsp3) is 0.528. The highest BCUT2D eigenvalue weighted by molar-refractivity contribution is 7.91. The zero-order valence-corrected chi connectivity index (χ0v) is 30.5. The average molecular weight is 752 g/mol. The van der Waals surface area contributed by atoms with E-state index in [0.29, 0.717) is 48.2 Å². The summed E-state index contributed by atoms with van der Waals surface area (Å²) >= 11 is 0. The highest BCUT2D eigenvalue weighted by atomic mass is 32.2. The SMILES string of the molecule is Cc1nc2ccc(F)cc2nc1O[C@@H]1C[C@H]2C(=O)N[C@]3(C(=O)NS(=O)(=O)C4CC4)CC3/C=C\CCCCC[C@H](NC(=O)c3noc(C)c3C)C(=O)N2C1. The number of sulfonamides is 1. The van der Waals surface area contributed by atoms with Gasteiger partial charge in [0, 0.05) is 24.0 Å². The number of aromatic nitrogens is 3. The van der Waals surface area contributed by atoms with Crippen LogP contribution in [0.5, 0.6) is 5.88 Å². The molecule has 1 saturated heterocycles. The number of amides is 4. The van der Waals surface area contributed by atoms with Crippen molar-refractivity contribution in [3.05, 3.63) is 58.9 Å². The topological polar surface area (TPSA) is 203 Å². The molecule has 4 heterocycles. The third-order valence-electron chi connectivity index (χ3n) is 10.6. The van der Waals surface area contributed by atoms with Crippen LogP contribution in [0.1, 0.15) is 85.3 Å². The van der Waals surface area contributed by atoms with Crippen LogP contribution in [0.3, 0.4) is 0 Å². The molecule has 0 bridgehead atoms. The lowest BCUT2D eigenvalue weighted by Crippen LogP contribution is -2.58. The van der Waals surface area contributed by atoms with E-state index in [1.807, 2.05) is 12.2 Å². The number of carbonyl (C=O) groups is 4. The highest BCUT2D eigenvalue weighted by Crippen LogP contribution is 2.46. The number of fused-ring (bicyclic) bond motifs is 3. The summed E-state index contributed by atoms with van der Waals surface area (Å²) < 4.78 is 53.3. The molecule has 3 N–H and O–H groups in total. The third kappa shape index (κ3) is 7.48. The maximum Gasteiger partial charge on any atom is 0.274 e. The lowest BCUT2D eigenvalue weighted by atomic mass is 10.0. The van der Waals surface area contributed by atoms with Crippen LogP contribution in [-0.4, -0.2) is 87.6 Å². The Bertz CT molecular complexity index is 2120. The lowest BCUT2D eigenvalue weighted by molar-refractivity contribution is -0.141. The van der Waals surface area contributed by atoms with Crippen molar-refractivity contribution in [2.75, 3.05) is 6.54 Å². The van der Waals surface area contributed by atoms with Crippen LogP contribution >= 0.6 is 0 Å². The summed E-state index contributed by atoms with van der Waals surface area (Å²) in [5, 5.41) is 8.87. The normalized spacial score (nSPS) is 27.1. The van der Waals surface area contributed by atoms with Gasteiger partial charge in [0.2, 0.25) is 27.7 Å². The first kappa shape index (κ1) is 36.4. The van der Waals surface area contributed by atoms with Crippen molar-refractivity contribution in [2.45, 2.75) is 108 Å². The molecule has 2 aliphatic carbocycles.